The molecule has 210 valence electrons. The number of nitrogens with zero attached hydrogens (tertiary/aromatic N) is 3. The van der Waals surface area contributed by atoms with Gasteiger partial charge in [0, 0.05) is 95.0 Å². The summed E-state index contributed by atoms with van der Waals surface area (Å²) in [5, 5.41) is 33.6. The summed E-state index contributed by atoms with van der Waals surface area (Å²) in [5.41, 5.74) is -3.69. The molecule has 3 N–H and O–H groups in total. The van der Waals surface area contributed by atoms with E-state index >= 15 is 0 Å². The fourth-order valence-electron chi connectivity index (χ4n) is 4.73. The number of β-amino-alcohol motifs (C(OH)–C–C–N with tert-alkyl or cyclic N) is 2. The quantitative estimate of drug-likeness (QED) is 0.199. The maximum Gasteiger partial charge on any atom is 0.165 e. The second kappa shape index (κ2) is 16.4. The Morgan fingerprint density at radius 3 is 1.06 bits per heavy atom. The van der Waals surface area contributed by atoms with Crippen molar-refractivity contribution < 1.29 is 43.7 Å². The Labute approximate surface area is 210 Å². The van der Waals surface area contributed by atoms with Gasteiger partial charge in [0.1, 0.15) is 11.2 Å². The van der Waals surface area contributed by atoms with Crippen LogP contribution in [0.25, 0.3) is 0 Å². The van der Waals surface area contributed by atoms with E-state index < -0.39 is 16.9 Å². The van der Waals surface area contributed by atoms with Gasteiger partial charge in [-0.3, -0.25) is 14.7 Å². The van der Waals surface area contributed by atoms with E-state index in [4.69, 9.17) is 28.4 Å². The van der Waals surface area contributed by atoms with Crippen LogP contribution in [0.2, 0.25) is 0 Å². The molecule has 0 radical (unpaired) electrons. The van der Waals surface area contributed by atoms with Crippen LogP contribution in [-0.2, 0) is 28.4 Å². The van der Waals surface area contributed by atoms with Gasteiger partial charge < -0.3 is 43.7 Å². The number of hydrogen-bond acceptors (Lipinski definition) is 12. The minimum atomic E-state index is -1.32. The van der Waals surface area contributed by atoms with Crippen LogP contribution < -0.4 is 0 Å². The van der Waals surface area contributed by atoms with E-state index in [2.05, 4.69) is 9.80 Å². The summed E-state index contributed by atoms with van der Waals surface area (Å²) < 4.78 is 31.6. The number of hydrogen-bond donors (Lipinski definition) is 3. The lowest BCUT2D eigenvalue weighted by atomic mass is 10.1. The Kier molecular flexibility index (Phi) is 15.2. The number of ether oxygens (including phenoxy) is 6. The third-order valence-corrected chi connectivity index (χ3v) is 6.13. The van der Waals surface area contributed by atoms with Gasteiger partial charge in [-0.2, -0.15) is 0 Å². The zero-order valence-corrected chi connectivity index (χ0v) is 22.5. The summed E-state index contributed by atoms with van der Waals surface area (Å²) >= 11 is 0. The van der Waals surface area contributed by atoms with E-state index in [0.717, 1.165) is 0 Å². The Hall–Kier alpha value is -0.480. The first-order valence-corrected chi connectivity index (χ1v) is 11.9. The van der Waals surface area contributed by atoms with Crippen molar-refractivity contribution >= 4 is 0 Å². The second-order valence-electron chi connectivity index (χ2n) is 9.57. The molecule has 0 aromatic heterocycles. The molecule has 35 heavy (non-hydrogen) atoms. The number of aliphatic hydroxyl groups is 3. The summed E-state index contributed by atoms with van der Waals surface area (Å²) in [6.45, 7) is 4.79. The largest absolute Gasteiger partial charge is 0.384 e. The highest BCUT2D eigenvalue weighted by Crippen LogP contribution is 2.18. The molecular weight excluding hydrogens is 462 g/mol. The normalized spacial score (nSPS) is 18.4. The predicted molar refractivity (Wildman–Crippen MR) is 131 cm³/mol. The van der Waals surface area contributed by atoms with E-state index in [-0.39, 0.29) is 39.6 Å². The molecule has 0 bridgehead atoms. The van der Waals surface area contributed by atoms with Crippen molar-refractivity contribution in [1.82, 2.24) is 14.7 Å². The summed E-state index contributed by atoms with van der Waals surface area (Å²) in [6.07, 6.45) is 0. The summed E-state index contributed by atoms with van der Waals surface area (Å²) in [7, 11) is 9.27. The number of rotatable bonds is 17. The van der Waals surface area contributed by atoms with Crippen molar-refractivity contribution in [2.45, 2.75) is 16.9 Å². The van der Waals surface area contributed by atoms with Gasteiger partial charge in [0.25, 0.3) is 0 Å². The van der Waals surface area contributed by atoms with Crippen LogP contribution in [0.3, 0.4) is 0 Å². The maximum absolute atomic E-state index is 11.4. The first kappa shape index (κ1) is 32.5. The standard InChI is InChI=1S/C23H49N3O9/c1-30-15-21(27,16-31-2)13-24-7-8-25(14-22(28,17-32-3)18-33-4)10-12-26(11-9-24)23(29,19-34-5)20-35-6/h27-29H,7-20H2,1-6H3. The molecule has 0 aliphatic carbocycles. The van der Waals surface area contributed by atoms with Gasteiger partial charge in [0.15, 0.2) is 5.72 Å². The average Bonchev–Trinajstić information content (AvgIpc) is 2.86. The molecular formula is C23H49N3O9. The van der Waals surface area contributed by atoms with Gasteiger partial charge >= 0.3 is 0 Å². The summed E-state index contributed by atoms with van der Waals surface area (Å²) in [4.78, 5) is 6.17. The molecule has 1 saturated heterocycles. The van der Waals surface area contributed by atoms with Gasteiger partial charge in [-0.05, 0) is 0 Å². The Morgan fingerprint density at radius 1 is 0.486 bits per heavy atom. The Balaban J connectivity index is 3.18. The highest BCUT2D eigenvalue weighted by Gasteiger charge is 2.38. The van der Waals surface area contributed by atoms with Crippen molar-refractivity contribution in [1.29, 1.82) is 0 Å². The highest BCUT2D eigenvalue weighted by molar-refractivity contribution is 4.89. The SMILES string of the molecule is COCC(O)(COC)CN1CCN(CC(O)(COC)COC)CCN(C(O)(COC)COC)CC1. The van der Waals surface area contributed by atoms with Crippen molar-refractivity contribution in [2.75, 3.05) is 135 Å². The molecule has 1 fully saturated rings. The zero-order valence-electron chi connectivity index (χ0n) is 22.5. The van der Waals surface area contributed by atoms with E-state index in [0.29, 0.717) is 52.4 Å². The molecule has 1 heterocycles. The van der Waals surface area contributed by atoms with Crippen LogP contribution in [-0.4, -0.2) is 182 Å². The minimum absolute atomic E-state index is 0.0788. The topological polar surface area (TPSA) is 126 Å². The van der Waals surface area contributed by atoms with Gasteiger partial charge in [-0.1, -0.05) is 0 Å². The van der Waals surface area contributed by atoms with E-state index in [9.17, 15) is 15.3 Å². The molecule has 1 rings (SSSR count). The van der Waals surface area contributed by atoms with Crippen molar-refractivity contribution in [3.8, 4) is 0 Å². The van der Waals surface area contributed by atoms with Crippen LogP contribution in [0, 0.1) is 0 Å². The smallest absolute Gasteiger partial charge is 0.165 e. The molecule has 0 atom stereocenters. The van der Waals surface area contributed by atoms with E-state index in [1.807, 2.05) is 4.90 Å². The second-order valence-corrected chi connectivity index (χ2v) is 9.57. The molecule has 1 aliphatic rings. The van der Waals surface area contributed by atoms with Gasteiger partial charge in [-0.25, -0.2) is 0 Å². The molecule has 12 heteroatoms. The molecule has 0 spiro atoms. The van der Waals surface area contributed by atoms with Crippen molar-refractivity contribution in [3.63, 3.8) is 0 Å². The molecule has 0 aromatic carbocycles. The van der Waals surface area contributed by atoms with Gasteiger partial charge in [0.2, 0.25) is 0 Å². The van der Waals surface area contributed by atoms with Crippen LogP contribution in [0.5, 0.6) is 0 Å². The Morgan fingerprint density at radius 2 is 0.771 bits per heavy atom. The molecule has 0 unspecified atom stereocenters. The summed E-state index contributed by atoms with van der Waals surface area (Å²) in [6, 6.07) is 0. The lowest BCUT2D eigenvalue weighted by Crippen LogP contribution is -2.59. The molecule has 0 amide bonds. The maximum atomic E-state index is 11.4. The van der Waals surface area contributed by atoms with E-state index in [1.54, 1.807) is 42.7 Å². The first-order chi connectivity index (χ1) is 16.6. The molecule has 0 saturated carbocycles. The molecule has 12 nitrogen and oxygen atoms in total. The van der Waals surface area contributed by atoms with E-state index in [1.165, 1.54) is 0 Å². The Bertz CT molecular complexity index is 504. The van der Waals surface area contributed by atoms with Gasteiger partial charge in [0.05, 0.1) is 39.6 Å². The fraction of sp³-hybridized carbons (Fsp3) is 1.00. The minimum Gasteiger partial charge on any atom is -0.384 e. The first-order valence-electron chi connectivity index (χ1n) is 11.9. The summed E-state index contributed by atoms with van der Waals surface area (Å²) in [5.74, 6) is 0. The van der Waals surface area contributed by atoms with Crippen LogP contribution in [0.15, 0.2) is 0 Å². The van der Waals surface area contributed by atoms with Crippen LogP contribution >= 0.6 is 0 Å². The van der Waals surface area contributed by atoms with Crippen molar-refractivity contribution in [3.05, 3.63) is 0 Å². The third-order valence-electron chi connectivity index (χ3n) is 6.13. The highest BCUT2D eigenvalue weighted by atomic mass is 16.5. The molecule has 1 aliphatic heterocycles. The average molecular weight is 512 g/mol. The van der Waals surface area contributed by atoms with Crippen LogP contribution in [0.4, 0.5) is 0 Å². The molecule has 0 aromatic rings. The van der Waals surface area contributed by atoms with Gasteiger partial charge in [-0.15, -0.1) is 0 Å². The van der Waals surface area contributed by atoms with Crippen molar-refractivity contribution in [2.24, 2.45) is 0 Å². The third kappa shape index (κ3) is 11.2. The number of methoxy groups -OCH3 is 6. The lowest BCUT2D eigenvalue weighted by molar-refractivity contribution is -0.178. The predicted octanol–water partition coefficient (Wildman–Crippen LogP) is -2.06. The fourth-order valence-corrected chi connectivity index (χ4v) is 4.73. The zero-order chi connectivity index (χ0) is 26.4. The van der Waals surface area contributed by atoms with Crippen LogP contribution in [0.1, 0.15) is 0 Å². The lowest BCUT2D eigenvalue weighted by Gasteiger charge is -2.40. The monoisotopic (exact) mass is 511 g/mol.